The van der Waals surface area contributed by atoms with Crippen molar-refractivity contribution in [1.29, 1.82) is 0 Å². The first-order valence-corrected chi connectivity index (χ1v) is 10.5. The van der Waals surface area contributed by atoms with Crippen LogP contribution in [0.15, 0.2) is 33.8 Å². The Morgan fingerprint density at radius 2 is 2.07 bits per heavy atom. The molecule has 1 amide bonds. The molecule has 5 rings (SSSR count). The highest BCUT2D eigenvalue weighted by molar-refractivity contribution is 5.96. The standard InChI is InChI=1S/C23H25N3O3/c1-14-10-15(11-21(27)20-13-22(29-25-20)17-3-4-17)7-9-26(14)23(28)18-5-2-16-6-8-24-19(16)12-18/h2,5,8,12-15,17H,3-4,6-7,9-11H2,1H3/t14-,15-/m0/s1. The Morgan fingerprint density at radius 1 is 1.21 bits per heavy atom. The molecule has 0 unspecified atom stereocenters. The number of hydrogen-bond acceptors (Lipinski definition) is 5. The summed E-state index contributed by atoms with van der Waals surface area (Å²) in [6, 6.07) is 7.72. The first-order valence-electron chi connectivity index (χ1n) is 10.5. The van der Waals surface area contributed by atoms with Crippen molar-refractivity contribution in [3.63, 3.8) is 0 Å². The summed E-state index contributed by atoms with van der Waals surface area (Å²) in [6.07, 6.45) is 7.11. The van der Waals surface area contributed by atoms with Gasteiger partial charge in [0.25, 0.3) is 5.91 Å². The van der Waals surface area contributed by atoms with Gasteiger partial charge in [0, 0.05) is 49.2 Å². The van der Waals surface area contributed by atoms with Gasteiger partial charge < -0.3 is 9.42 Å². The van der Waals surface area contributed by atoms with Gasteiger partial charge in [0.05, 0.1) is 5.69 Å². The number of fused-ring (bicyclic) bond motifs is 1. The Kier molecular flexibility index (Phi) is 4.57. The fourth-order valence-corrected chi connectivity index (χ4v) is 4.50. The molecular formula is C23H25N3O3. The average Bonchev–Trinajstić information content (AvgIpc) is 3.26. The van der Waals surface area contributed by atoms with E-state index in [1.165, 1.54) is 5.56 Å². The number of rotatable bonds is 5. The van der Waals surface area contributed by atoms with Crippen LogP contribution in [0, 0.1) is 5.92 Å². The number of aliphatic imine (C=N–C) groups is 1. The molecule has 0 radical (unpaired) electrons. The van der Waals surface area contributed by atoms with Crippen molar-refractivity contribution >= 4 is 23.6 Å². The molecule has 1 saturated heterocycles. The lowest BCUT2D eigenvalue weighted by Gasteiger charge is -2.37. The van der Waals surface area contributed by atoms with Gasteiger partial charge in [-0.25, -0.2) is 0 Å². The normalized spacial score (nSPS) is 23.3. The minimum Gasteiger partial charge on any atom is -0.360 e. The van der Waals surface area contributed by atoms with Crippen LogP contribution in [0.3, 0.4) is 0 Å². The number of ketones is 1. The number of carbonyl (C=O) groups excluding carboxylic acids is 2. The van der Waals surface area contributed by atoms with Crippen LogP contribution in [0.25, 0.3) is 0 Å². The second-order valence-electron chi connectivity index (χ2n) is 8.61. The van der Waals surface area contributed by atoms with Gasteiger partial charge in [0.1, 0.15) is 11.5 Å². The number of carbonyl (C=O) groups is 2. The quantitative estimate of drug-likeness (QED) is 0.711. The van der Waals surface area contributed by atoms with Gasteiger partial charge in [-0.1, -0.05) is 11.2 Å². The van der Waals surface area contributed by atoms with Crippen LogP contribution in [0.2, 0.25) is 0 Å². The van der Waals surface area contributed by atoms with Gasteiger partial charge in [-0.2, -0.15) is 0 Å². The second kappa shape index (κ2) is 7.25. The van der Waals surface area contributed by atoms with Crippen LogP contribution < -0.4 is 0 Å². The minimum atomic E-state index is 0.0501. The van der Waals surface area contributed by atoms with Crippen molar-refractivity contribution in [2.45, 2.75) is 57.4 Å². The summed E-state index contributed by atoms with van der Waals surface area (Å²) in [7, 11) is 0. The maximum Gasteiger partial charge on any atom is 0.254 e. The molecular weight excluding hydrogens is 366 g/mol. The van der Waals surface area contributed by atoms with Crippen LogP contribution in [0.5, 0.6) is 0 Å². The summed E-state index contributed by atoms with van der Waals surface area (Å²) >= 11 is 0. The van der Waals surface area contributed by atoms with E-state index in [0.29, 0.717) is 30.1 Å². The van der Waals surface area contributed by atoms with E-state index in [1.807, 2.05) is 35.4 Å². The first-order chi connectivity index (χ1) is 14.1. The Bertz CT molecular complexity index is 989. The van der Waals surface area contributed by atoms with E-state index in [1.54, 1.807) is 0 Å². The molecule has 3 aliphatic rings. The van der Waals surface area contributed by atoms with E-state index in [0.717, 1.165) is 43.6 Å². The smallest absolute Gasteiger partial charge is 0.254 e. The Hall–Kier alpha value is -2.76. The van der Waals surface area contributed by atoms with Gasteiger partial charge in [-0.15, -0.1) is 0 Å². The molecule has 150 valence electrons. The molecule has 1 saturated carbocycles. The molecule has 1 aromatic carbocycles. The van der Waals surface area contributed by atoms with Crippen molar-refractivity contribution < 1.29 is 14.1 Å². The monoisotopic (exact) mass is 391 g/mol. The third-order valence-electron chi connectivity index (χ3n) is 6.39. The molecule has 2 aliphatic heterocycles. The maximum atomic E-state index is 13.0. The third-order valence-corrected chi connectivity index (χ3v) is 6.39. The number of Topliss-reactive ketones (excluding diaryl/α,β-unsaturated/α-hetero) is 1. The van der Waals surface area contributed by atoms with E-state index in [4.69, 9.17) is 4.52 Å². The number of hydrogen-bond donors (Lipinski definition) is 0. The van der Waals surface area contributed by atoms with E-state index >= 15 is 0 Å². The Balaban J connectivity index is 1.20. The molecule has 2 atom stereocenters. The Morgan fingerprint density at radius 3 is 2.86 bits per heavy atom. The van der Waals surface area contributed by atoms with E-state index in [9.17, 15) is 9.59 Å². The predicted octanol–water partition coefficient (Wildman–Crippen LogP) is 4.32. The SMILES string of the molecule is C[C@H]1C[C@@H](CC(=O)c2cc(C3CC3)on2)CCN1C(=O)c1ccc2c(c1)N=CC2. The highest BCUT2D eigenvalue weighted by Gasteiger charge is 2.32. The van der Waals surface area contributed by atoms with Crippen molar-refractivity contribution in [1.82, 2.24) is 10.1 Å². The number of benzene rings is 1. The van der Waals surface area contributed by atoms with Crippen molar-refractivity contribution in [3.8, 4) is 0 Å². The lowest BCUT2D eigenvalue weighted by molar-refractivity contribution is 0.0565. The molecule has 0 N–H and O–H groups in total. The molecule has 3 heterocycles. The average molecular weight is 391 g/mol. The molecule has 6 heteroatoms. The van der Waals surface area contributed by atoms with E-state index in [2.05, 4.69) is 17.1 Å². The zero-order valence-electron chi connectivity index (χ0n) is 16.6. The van der Waals surface area contributed by atoms with Crippen molar-refractivity contribution in [2.75, 3.05) is 6.54 Å². The fourth-order valence-electron chi connectivity index (χ4n) is 4.50. The van der Waals surface area contributed by atoms with Crippen molar-refractivity contribution in [2.24, 2.45) is 10.9 Å². The van der Waals surface area contributed by atoms with Crippen LogP contribution in [0.1, 0.15) is 77.1 Å². The summed E-state index contributed by atoms with van der Waals surface area (Å²) in [6.45, 7) is 2.74. The highest BCUT2D eigenvalue weighted by atomic mass is 16.5. The van der Waals surface area contributed by atoms with Crippen LogP contribution >= 0.6 is 0 Å². The predicted molar refractivity (Wildman–Crippen MR) is 109 cm³/mol. The first kappa shape index (κ1) is 18.3. The summed E-state index contributed by atoms with van der Waals surface area (Å²) in [5, 5.41) is 3.97. The van der Waals surface area contributed by atoms with Gasteiger partial charge in [0.2, 0.25) is 0 Å². The van der Waals surface area contributed by atoms with E-state index in [-0.39, 0.29) is 23.7 Å². The third kappa shape index (κ3) is 3.63. The Labute approximate surface area is 170 Å². The van der Waals surface area contributed by atoms with Crippen LogP contribution in [0.4, 0.5) is 5.69 Å². The lowest BCUT2D eigenvalue weighted by Crippen LogP contribution is -2.45. The minimum absolute atomic E-state index is 0.0501. The number of amides is 1. The maximum absolute atomic E-state index is 13.0. The van der Waals surface area contributed by atoms with Gasteiger partial charge in [-0.3, -0.25) is 14.6 Å². The molecule has 0 spiro atoms. The molecule has 2 aromatic rings. The lowest BCUT2D eigenvalue weighted by atomic mass is 9.86. The molecule has 1 aromatic heterocycles. The van der Waals surface area contributed by atoms with E-state index < -0.39 is 0 Å². The van der Waals surface area contributed by atoms with Gasteiger partial charge in [0.15, 0.2) is 5.78 Å². The number of piperidine rings is 1. The zero-order valence-corrected chi connectivity index (χ0v) is 16.6. The molecule has 1 aliphatic carbocycles. The van der Waals surface area contributed by atoms with Gasteiger partial charge >= 0.3 is 0 Å². The number of nitrogens with zero attached hydrogens (tertiary/aromatic N) is 3. The largest absolute Gasteiger partial charge is 0.360 e. The van der Waals surface area contributed by atoms with Crippen LogP contribution in [-0.2, 0) is 6.42 Å². The van der Waals surface area contributed by atoms with Gasteiger partial charge in [-0.05, 0) is 56.2 Å². The second-order valence-corrected chi connectivity index (χ2v) is 8.61. The highest BCUT2D eigenvalue weighted by Crippen LogP contribution is 2.40. The molecule has 0 bridgehead atoms. The van der Waals surface area contributed by atoms with Crippen molar-refractivity contribution in [3.05, 3.63) is 46.8 Å². The summed E-state index contributed by atoms with van der Waals surface area (Å²) < 4.78 is 5.32. The number of aromatic nitrogens is 1. The molecule has 29 heavy (non-hydrogen) atoms. The number of likely N-dealkylation sites (tertiary alicyclic amines) is 1. The summed E-state index contributed by atoms with van der Waals surface area (Å²) in [4.78, 5) is 31.9. The topological polar surface area (TPSA) is 75.8 Å². The zero-order chi connectivity index (χ0) is 20.0. The summed E-state index contributed by atoms with van der Waals surface area (Å²) in [5.74, 6) is 1.68. The summed E-state index contributed by atoms with van der Waals surface area (Å²) in [5.41, 5.74) is 3.22. The molecule has 2 fully saturated rings. The van der Waals surface area contributed by atoms with Crippen LogP contribution in [-0.4, -0.2) is 40.5 Å². The molecule has 6 nitrogen and oxygen atoms in total. The fraction of sp³-hybridized carbons (Fsp3) is 0.478.